The maximum absolute atomic E-state index is 5.37. The molecule has 2 unspecified atom stereocenters. The Bertz CT molecular complexity index is 571. The van der Waals surface area contributed by atoms with Crippen molar-refractivity contribution >= 4 is 29.9 Å². The van der Waals surface area contributed by atoms with Gasteiger partial charge in [-0.2, -0.15) is 0 Å². The standard InChI is InChI=1S/C20H35N5O.HI/c1-17-6-11-24(14-18(17)25-12-10-22-16-25)19(21-2)23-15-20(9-13-26-3)7-4-5-8-20;/h10,12,16-18H,4-9,11,13-15H2,1-3H3,(H,21,23);1H. The van der Waals surface area contributed by atoms with E-state index in [2.05, 4.69) is 37.9 Å². The Morgan fingerprint density at radius 2 is 2.15 bits per heavy atom. The molecule has 1 aliphatic heterocycles. The molecule has 6 nitrogen and oxygen atoms in total. The Morgan fingerprint density at radius 3 is 2.78 bits per heavy atom. The normalized spacial score (nSPS) is 25.3. The minimum Gasteiger partial charge on any atom is -0.385 e. The first-order valence-electron chi connectivity index (χ1n) is 10.1. The van der Waals surface area contributed by atoms with Crippen molar-refractivity contribution < 1.29 is 4.74 Å². The lowest BCUT2D eigenvalue weighted by Gasteiger charge is -2.40. The molecule has 0 spiro atoms. The minimum atomic E-state index is 0. The van der Waals surface area contributed by atoms with E-state index in [1.807, 2.05) is 19.6 Å². The van der Waals surface area contributed by atoms with Crippen molar-refractivity contribution in [1.82, 2.24) is 19.8 Å². The Morgan fingerprint density at radius 1 is 1.37 bits per heavy atom. The van der Waals surface area contributed by atoms with Crippen molar-refractivity contribution in [3.63, 3.8) is 0 Å². The number of aliphatic imine (C=N–C) groups is 1. The van der Waals surface area contributed by atoms with Gasteiger partial charge < -0.3 is 19.5 Å². The van der Waals surface area contributed by atoms with E-state index in [1.54, 1.807) is 7.11 Å². The highest BCUT2D eigenvalue weighted by Gasteiger charge is 2.35. The number of ether oxygens (including phenoxy) is 1. The smallest absolute Gasteiger partial charge is 0.193 e. The van der Waals surface area contributed by atoms with Crippen LogP contribution in [0, 0.1) is 11.3 Å². The van der Waals surface area contributed by atoms with Gasteiger partial charge in [0.15, 0.2) is 5.96 Å². The van der Waals surface area contributed by atoms with Gasteiger partial charge in [-0.05, 0) is 37.0 Å². The first kappa shape index (κ1) is 22.5. The summed E-state index contributed by atoms with van der Waals surface area (Å²) in [6.07, 6.45) is 13.5. The summed E-state index contributed by atoms with van der Waals surface area (Å²) in [5, 5.41) is 3.71. The molecule has 7 heteroatoms. The Kier molecular flexibility index (Phi) is 8.85. The predicted molar refractivity (Wildman–Crippen MR) is 121 cm³/mol. The van der Waals surface area contributed by atoms with Crippen LogP contribution in [0.25, 0.3) is 0 Å². The number of methoxy groups -OCH3 is 1. The van der Waals surface area contributed by atoms with Crippen LogP contribution in [0.2, 0.25) is 0 Å². The molecule has 3 rings (SSSR count). The van der Waals surface area contributed by atoms with Crippen molar-refractivity contribution in [2.75, 3.05) is 40.4 Å². The van der Waals surface area contributed by atoms with E-state index in [4.69, 9.17) is 4.74 Å². The number of halogens is 1. The molecule has 1 saturated carbocycles. The molecule has 154 valence electrons. The number of aromatic nitrogens is 2. The first-order chi connectivity index (χ1) is 12.7. The summed E-state index contributed by atoms with van der Waals surface area (Å²) in [7, 11) is 3.71. The highest BCUT2D eigenvalue weighted by Crippen LogP contribution is 2.40. The summed E-state index contributed by atoms with van der Waals surface area (Å²) >= 11 is 0. The summed E-state index contributed by atoms with van der Waals surface area (Å²) in [6, 6.07) is 0.457. The molecule has 1 aliphatic carbocycles. The zero-order chi connectivity index (χ0) is 18.4. The first-order valence-corrected chi connectivity index (χ1v) is 10.1. The predicted octanol–water partition coefficient (Wildman–Crippen LogP) is 3.56. The molecule has 0 radical (unpaired) electrons. The van der Waals surface area contributed by atoms with E-state index in [9.17, 15) is 0 Å². The SMILES string of the molecule is CN=C(NCC1(CCOC)CCCC1)N1CCC(C)C(n2ccnc2)C1.I. The topological polar surface area (TPSA) is 54.7 Å². The highest BCUT2D eigenvalue weighted by atomic mass is 127. The molecule has 2 aliphatic rings. The molecular weight excluding hydrogens is 453 g/mol. The maximum atomic E-state index is 5.37. The molecule has 1 aromatic rings. The minimum absolute atomic E-state index is 0. The van der Waals surface area contributed by atoms with E-state index >= 15 is 0 Å². The fourth-order valence-corrected chi connectivity index (χ4v) is 4.65. The van der Waals surface area contributed by atoms with Gasteiger partial charge >= 0.3 is 0 Å². The summed E-state index contributed by atoms with van der Waals surface area (Å²) in [5.74, 6) is 1.70. The third-order valence-corrected chi connectivity index (χ3v) is 6.46. The van der Waals surface area contributed by atoms with Crippen LogP contribution in [-0.2, 0) is 4.74 Å². The number of hydrogen-bond acceptors (Lipinski definition) is 3. The maximum Gasteiger partial charge on any atom is 0.193 e. The van der Waals surface area contributed by atoms with E-state index < -0.39 is 0 Å². The number of imidazole rings is 1. The number of likely N-dealkylation sites (tertiary alicyclic amines) is 1. The second-order valence-corrected chi connectivity index (χ2v) is 8.14. The van der Waals surface area contributed by atoms with Crippen molar-refractivity contribution in [2.24, 2.45) is 16.3 Å². The van der Waals surface area contributed by atoms with Gasteiger partial charge in [0.2, 0.25) is 0 Å². The summed E-state index contributed by atoms with van der Waals surface area (Å²) in [5.41, 5.74) is 0.374. The molecule has 0 bridgehead atoms. The van der Waals surface area contributed by atoms with Crippen LogP contribution in [0.3, 0.4) is 0 Å². The van der Waals surface area contributed by atoms with E-state index in [1.165, 1.54) is 32.1 Å². The average Bonchev–Trinajstić information content (AvgIpc) is 3.34. The molecule has 1 saturated heterocycles. The number of nitrogens with zero attached hydrogens (tertiary/aromatic N) is 4. The van der Waals surface area contributed by atoms with E-state index in [-0.39, 0.29) is 24.0 Å². The molecule has 2 heterocycles. The quantitative estimate of drug-likeness (QED) is 0.377. The number of nitrogens with one attached hydrogen (secondary N) is 1. The van der Waals surface area contributed by atoms with Crippen LogP contribution in [0.4, 0.5) is 0 Å². The average molecular weight is 489 g/mol. The van der Waals surface area contributed by atoms with Gasteiger partial charge in [0.05, 0.1) is 12.4 Å². The molecule has 2 fully saturated rings. The van der Waals surface area contributed by atoms with Gasteiger partial charge in [-0.15, -0.1) is 24.0 Å². The van der Waals surface area contributed by atoms with E-state index in [0.717, 1.165) is 38.6 Å². The lowest BCUT2D eigenvalue weighted by molar-refractivity contribution is 0.136. The Hall–Kier alpha value is -0.830. The molecule has 0 aromatic carbocycles. The molecule has 0 amide bonds. The van der Waals surface area contributed by atoms with Gasteiger partial charge in [-0.3, -0.25) is 4.99 Å². The van der Waals surface area contributed by atoms with Gasteiger partial charge in [0.1, 0.15) is 0 Å². The lowest BCUT2D eigenvalue weighted by atomic mass is 9.83. The van der Waals surface area contributed by atoms with Crippen molar-refractivity contribution in [3.8, 4) is 0 Å². The van der Waals surface area contributed by atoms with Crippen molar-refractivity contribution in [1.29, 1.82) is 0 Å². The molecule has 1 N–H and O–H groups in total. The molecule has 27 heavy (non-hydrogen) atoms. The number of piperidine rings is 1. The van der Waals surface area contributed by atoms with Crippen molar-refractivity contribution in [2.45, 2.75) is 51.5 Å². The van der Waals surface area contributed by atoms with Crippen molar-refractivity contribution in [3.05, 3.63) is 18.7 Å². The molecular formula is C20H36IN5O. The largest absolute Gasteiger partial charge is 0.385 e. The number of rotatable bonds is 6. The van der Waals surface area contributed by atoms with Crippen LogP contribution in [0.5, 0.6) is 0 Å². The summed E-state index contributed by atoms with van der Waals surface area (Å²) in [6.45, 7) is 6.25. The van der Waals surface area contributed by atoms with Crippen LogP contribution in [0.1, 0.15) is 51.5 Å². The van der Waals surface area contributed by atoms with Crippen LogP contribution >= 0.6 is 24.0 Å². The third-order valence-electron chi connectivity index (χ3n) is 6.46. The summed E-state index contributed by atoms with van der Waals surface area (Å²) in [4.78, 5) is 11.3. The zero-order valence-corrected chi connectivity index (χ0v) is 19.4. The monoisotopic (exact) mass is 489 g/mol. The highest BCUT2D eigenvalue weighted by molar-refractivity contribution is 14.0. The number of hydrogen-bond donors (Lipinski definition) is 1. The second-order valence-electron chi connectivity index (χ2n) is 8.14. The third kappa shape index (κ3) is 5.59. The molecule has 1 aromatic heterocycles. The van der Waals surface area contributed by atoms with Gasteiger partial charge in [-0.25, -0.2) is 4.98 Å². The van der Waals surface area contributed by atoms with Crippen LogP contribution in [0.15, 0.2) is 23.7 Å². The number of guanidine groups is 1. The molecule has 2 atom stereocenters. The van der Waals surface area contributed by atoms with Crippen LogP contribution in [-0.4, -0.2) is 60.8 Å². The fourth-order valence-electron chi connectivity index (χ4n) is 4.65. The van der Waals surface area contributed by atoms with Crippen LogP contribution < -0.4 is 5.32 Å². The van der Waals surface area contributed by atoms with Gasteiger partial charge in [-0.1, -0.05) is 19.8 Å². The fraction of sp³-hybridized carbons (Fsp3) is 0.800. The Balaban J connectivity index is 0.00000261. The lowest BCUT2D eigenvalue weighted by Crippen LogP contribution is -2.51. The van der Waals surface area contributed by atoms with Gasteiger partial charge in [0.25, 0.3) is 0 Å². The Labute approximate surface area is 181 Å². The van der Waals surface area contributed by atoms with Gasteiger partial charge in [0, 0.05) is 52.8 Å². The zero-order valence-electron chi connectivity index (χ0n) is 17.1. The summed E-state index contributed by atoms with van der Waals surface area (Å²) < 4.78 is 7.62. The second kappa shape index (κ2) is 10.6. The van der Waals surface area contributed by atoms with E-state index in [0.29, 0.717) is 17.4 Å².